The second-order valence-corrected chi connectivity index (χ2v) is 5.55. The fourth-order valence-electron chi connectivity index (χ4n) is 2.95. The van der Waals surface area contributed by atoms with Crippen molar-refractivity contribution in [2.45, 2.75) is 39.7 Å². The minimum atomic E-state index is 0. The number of amides is 1. The Morgan fingerprint density at radius 2 is 1.84 bits per heavy atom. The van der Waals surface area contributed by atoms with Gasteiger partial charge in [-0.3, -0.25) is 4.79 Å². The van der Waals surface area contributed by atoms with Crippen molar-refractivity contribution in [3.63, 3.8) is 0 Å². The number of likely N-dealkylation sites (tertiary alicyclic amines) is 1. The van der Waals surface area contributed by atoms with Gasteiger partial charge in [-0.2, -0.15) is 0 Å². The Bertz CT molecular complexity index is 450. The summed E-state index contributed by atoms with van der Waals surface area (Å²) in [4.78, 5) is 13.6. The summed E-state index contributed by atoms with van der Waals surface area (Å²) in [5, 5.41) is 3.12. The molecule has 4 heteroatoms. The van der Waals surface area contributed by atoms with E-state index in [2.05, 4.69) is 45.3 Å². The highest BCUT2D eigenvalue weighted by atomic mass is 35.5. The molecule has 0 saturated carbocycles. The lowest BCUT2D eigenvalue weighted by atomic mass is 10.0. The van der Waals surface area contributed by atoms with Crippen molar-refractivity contribution in [2.75, 3.05) is 18.9 Å². The van der Waals surface area contributed by atoms with Gasteiger partial charge in [-0.1, -0.05) is 17.7 Å². The van der Waals surface area contributed by atoms with Crippen LogP contribution in [0.2, 0.25) is 0 Å². The Labute approximate surface area is 121 Å². The fourth-order valence-corrected chi connectivity index (χ4v) is 2.95. The van der Waals surface area contributed by atoms with E-state index in [0.717, 1.165) is 36.2 Å². The van der Waals surface area contributed by atoms with E-state index in [4.69, 9.17) is 0 Å². The second-order valence-electron chi connectivity index (χ2n) is 5.55. The van der Waals surface area contributed by atoms with Gasteiger partial charge in [0, 0.05) is 18.5 Å². The molecule has 0 radical (unpaired) electrons. The molecule has 0 spiro atoms. The minimum absolute atomic E-state index is 0. The van der Waals surface area contributed by atoms with Crippen LogP contribution in [0.15, 0.2) is 12.1 Å². The van der Waals surface area contributed by atoms with E-state index in [-0.39, 0.29) is 24.4 Å². The zero-order chi connectivity index (χ0) is 13.3. The quantitative estimate of drug-likeness (QED) is 0.662. The molecular weight excluding hydrogens is 260 g/mol. The second kappa shape index (κ2) is 6.40. The number of carbonyl (C=O) groups is 1. The number of anilines is 1. The summed E-state index contributed by atoms with van der Waals surface area (Å²) in [6, 6.07) is 4.35. The smallest absolute Gasteiger partial charge is 0.282 e. The van der Waals surface area contributed by atoms with E-state index in [0.29, 0.717) is 0 Å². The number of likely N-dealkylation sites (N-methyl/N-ethyl adjacent to an activating group) is 1. The number of hydrogen-bond donors (Lipinski definition) is 2. The maximum atomic E-state index is 12.3. The third-order valence-electron chi connectivity index (χ3n) is 3.90. The number of quaternary nitrogens is 1. The van der Waals surface area contributed by atoms with Gasteiger partial charge in [0.2, 0.25) is 0 Å². The van der Waals surface area contributed by atoms with E-state index in [1.54, 1.807) is 0 Å². The van der Waals surface area contributed by atoms with Crippen molar-refractivity contribution in [3.8, 4) is 0 Å². The molecule has 1 aromatic carbocycles. The van der Waals surface area contributed by atoms with Crippen LogP contribution in [0, 0.1) is 20.8 Å². The molecule has 1 fully saturated rings. The number of nitrogens with one attached hydrogen (secondary N) is 2. The Kier molecular flexibility index (Phi) is 5.39. The summed E-state index contributed by atoms with van der Waals surface area (Å²) < 4.78 is 0. The molecule has 2 rings (SSSR count). The normalized spacial score (nSPS) is 21.9. The SMILES string of the molecule is Cc1cc(C)c(NC(=O)C2CCC[NH+]2C)c(C)c1.[Cl-]. The Morgan fingerprint density at radius 1 is 1.26 bits per heavy atom. The Balaban J connectivity index is 0.00000180. The third-order valence-corrected chi connectivity index (χ3v) is 3.90. The van der Waals surface area contributed by atoms with Crippen LogP contribution < -0.4 is 22.6 Å². The Morgan fingerprint density at radius 3 is 2.32 bits per heavy atom. The molecule has 106 valence electrons. The van der Waals surface area contributed by atoms with E-state index in [9.17, 15) is 4.79 Å². The molecule has 1 aliphatic heterocycles. The van der Waals surface area contributed by atoms with Crippen molar-refractivity contribution in [2.24, 2.45) is 0 Å². The molecule has 1 aromatic rings. The van der Waals surface area contributed by atoms with Crippen LogP contribution in [0.4, 0.5) is 5.69 Å². The summed E-state index contributed by atoms with van der Waals surface area (Å²) in [7, 11) is 2.10. The van der Waals surface area contributed by atoms with Gasteiger partial charge in [0.1, 0.15) is 0 Å². The van der Waals surface area contributed by atoms with Crippen molar-refractivity contribution in [3.05, 3.63) is 28.8 Å². The maximum Gasteiger partial charge on any atom is 0.282 e. The molecule has 2 atom stereocenters. The van der Waals surface area contributed by atoms with Crippen LogP contribution in [0.1, 0.15) is 29.5 Å². The monoisotopic (exact) mass is 282 g/mol. The van der Waals surface area contributed by atoms with Gasteiger partial charge in [-0.05, 0) is 31.9 Å². The van der Waals surface area contributed by atoms with Gasteiger partial charge >= 0.3 is 0 Å². The molecule has 2 N–H and O–H groups in total. The summed E-state index contributed by atoms with van der Waals surface area (Å²) >= 11 is 0. The predicted molar refractivity (Wildman–Crippen MR) is 74.1 cm³/mol. The van der Waals surface area contributed by atoms with Crippen molar-refractivity contribution < 1.29 is 22.1 Å². The molecule has 19 heavy (non-hydrogen) atoms. The number of halogens is 1. The maximum absolute atomic E-state index is 12.3. The highest BCUT2D eigenvalue weighted by Gasteiger charge is 2.32. The van der Waals surface area contributed by atoms with Crippen LogP contribution in [0.5, 0.6) is 0 Å². The largest absolute Gasteiger partial charge is 1.00 e. The predicted octanol–water partition coefficient (Wildman–Crippen LogP) is -1.77. The molecule has 1 saturated heterocycles. The topological polar surface area (TPSA) is 33.5 Å². The molecule has 2 unspecified atom stereocenters. The van der Waals surface area contributed by atoms with Gasteiger partial charge < -0.3 is 22.6 Å². The number of aryl methyl sites for hydroxylation is 3. The highest BCUT2D eigenvalue weighted by Crippen LogP contribution is 2.22. The van der Waals surface area contributed by atoms with Gasteiger partial charge in [-0.15, -0.1) is 0 Å². The lowest BCUT2D eigenvalue weighted by Crippen LogP contribution is -3.12. The first kappa shape index (κ1) is 16.0. The number of benzene rings is 1. The molecule has 0 bridgehead atoms. The summed E-state index contributed by atoms with van der Waals surface area (Å²) in [6.45, 7) is 7.30. The highest BCUT2D eigenvalue weighted by molar-refractivity contribution is 5.95. The number of hydrogen-bond acceptors (Lipinski definition) is 1. The average Bonchev–Trinajstić information content (AvgIpc) is 2.69. The van der Waals surface area contributed by atoms with Crippen molar-refractivity contribution in [1.29, 1.82) is 0 Å². The van der Waals surface area contributed by atoms with Gasteiger partial charge in [-0.25, -0.2) is 0 Å². The van der Waals surface area contributed by atoms with Gasteiger partial charge in [0.25, 0.3) is 5.91 Å². The zero-order valence-electron chi connectivity index (χ0n) is 12.1. The first-order chi connectivity index (χ1) is 8.49. The molecule has 1 amide bonds. The molecule has 0 aliphatic carbocycles. The molecule has 1 heterocycles. The third kappa shape index (κ3) is 3.48. The van der Waals surface area contributed by atoms with E-state index < -0.39 is 0 Å². The molecule has 3 nitrogen and oxygen atoms in total. The van der Waals surface area contributed by atoms with E-state index >= 15 is 0 Å². The van der Waals surface area contributed by atoms with Crippen LogP contribution in [-0.4, -0.2) is 25.5 Å². The van der Waals surface area contributed by atoms with Crippen molar-refractivity contribution >= 4 is 11.6 Å². The minimum Gasteiger partial charge on any atom is -1.00 e. The molecular formula is C15H23ClN2O. The van der Waals surface area contributed by atoms with E-state index in [1.165, 1.54) is 10.5 Å². The number of carbonyl (C=O) groups excluding carboxylic acids is 1. The Hall–Kier alpha value is -1.06. The lowest BCUT2D eigenvalue weighted by Gasteiger charge is -2.18. The summed E-state index contributed by atoms with van der Waals surface area (Å²) in [6.07, 6.45) is 2.15. The van der Waals surface area contributed by atoms with Crippen LogP contribution >= 0.6 is 0 Å². The summed E-state index contributed by atoms with van der Waals surface area (Å²) in [5.74, 6) is 0.167. The molecule has 0 aromatic heterocycles. The number of rotatable bonds is 2. The van der Waals surface area contributed by atoms with Crippen molar-refractivity contribution in [1.82, 2.24) is 0 Å². The first-order valence-electron chi connectivity index (χ1n) is 6.70. The lowest BCUT2D eigenvalue weighted by molar-refractivity contribution is -0.882. The standard InChI is InChI=1S/C15H22N2O.ClH/c1-10-8-11(2)14(12(3)9-10)16-15(18)13-6-5-7-17(13)4;/h8-9,13H,5-7H2,1-4H3,(H,16,18);1H. The first-order valence-corrected chi connectivity index (χ1v) is 6.70. The average molecular weight is 283 g/mol. The van der Waals surface area contributed by atoms with Gasteiger partial charge in [0.05, 0.1) is 13.6 Å². The zero-order valence-corrected chi connectivity index (χ0v) is 12.9. The van der Waals surface area contributed by atoms with E-state index in [1.807, 2.05) is 0 Å². The summed E-state index contributed by atoms with van der Waals surface area (Å²) in [5.41, 5.74) is 4.53. The van der Waals surface area contributed by atoms with Crippen LogP contribution in [0.25, 0.3) is 0 Å². The van der Waals surface area contributed by atoms with Crippen LogP contribution in [-0.2, 0) is 4.79 Å². The van der Waals surface area contributed by atoms with Gasteiger partial charge in [0.15, 0.2) is 6.04 Å². The fraction of sp³-hybridized carbons (Fsp3) is 0.533. The van der Waals surface area contributed by atoms with Crippen LogP contribution in [0.3, 0.4) is 0 Å². The molecule has 1 aliphatic rings.